The van der Waals surface area contributed by atoms with E-state index in [-0.39, 0.29) is 12.1 Å². The Labute approximate surface area is 195 Å². The Morgan fingerprint density at radius 1 is 1.18 bits per heavy atom. The molecule has 1 aliphatic heterocycles. The van der Waals surface area contributed by atoms with Gasteiger partial charge in [0, 0.05) is 17.7 Å². The van der Waals surface area contributed by atoms with Crippen LogP contribution < -0.4 is 0 Å². The summed E-state index contributed by atoms with van der Waals surface area (Å²) in [5.41, 5.74) is 4.27. The molecular formula is C28H27N3O2. The predicted molar refractivity (Wildman–Crippen MR) is 130 cm³/mol. The number of rotatable bonds is 3. The molecule has 0 saturated carbocycles. The third-order valence-corrected chi connectivity index (χ3v) is 5.48. The van der Waals surface area contributed by atoms with Gasteiger partial charge >= 0.3 is 6.09 Å². The smallest absolute Gasteiger partial charge is 0.410 e. The lowest BCUT2D eigenvalue weighted by Crippen LogP contribution is -2.36. The van der Waals surface area contributed by atoms with Gasteiger partial charge in [-0.1, -0.05) is 42.3 Å². The Hall–Kier alpha value is -3.96. The lowest BCUT2D eigenvalue weighted by Gasteiger charge is -2.27. The molecule has 1 fully saturated rings. The molecule has 1 N–H and O–H groups in total. The van der Waals surface area contributed by atoms with Gasteiger partial charge in [-0.3, -0.25) is 4.90 Å². The van der Waals surface area contributed by atoms with Crippen molar-refractivity contribution in [2.45, 2.75) is 45.3 Å². The van der Waals surface area contributed by atoms with E-state index in [1.807, 2.05) is 57.3 Å². The number of nitrogens with zero attached hydrogens (tertiary/aromatic N) is 2. The summed E-state index contributed by atoms with van der Waals surface area (Å²) in [6.07, 6.45) is 8.62. The highest BCUT2D eigenvalue weighted by molar-refractivity contribution is 5.77. The zero-order chi connectivity index (χ0) is 23.4. The summed E-state index contributed by atoms with van der Waals surface area (Å²) in [7, 11) is 0. The highest BCUT2D eigenvalue weighted by atomic mass is 16.6. The zero-order valence-corrected chi connectivity index (χ0v) is 19.2. The van der Waals surface area contributed by atoms with E-state index < -0.39 is 5.60 Å². The molecule has 33 heavy (non-hydrogen) atoms. The summed E-state index contributed by atoms with van der Waals surface area (Å²) in [6.45, 7) is 6.30. The maximum Gasteiger partial charge on any atom is 0.410 e. The van der Waals surface area contributed by atoms with Crippen molar-refractivity contribution >= 4 is 6.09 Å². The van der Waals surface area contributed by atoms with Gasteiger partial charge < -0.3 is 9.72 Å². The van der Waals surface area contributed by atoms with Gasteiger partial charge in [-0.15, -0.1) is 6.42 Å². The Morgan fingerprint density at radius 2 is 1.97 bits per heavy atom. The number of nitrogens with one attached hydrogen (secondary N) is 1. The van der Waals surface area contributed by atoms with Crippen molar-refractivity contribution in [2.75, 3.05) is 6.54 Å². The molecule has 3 aromatic rings. The van der Waals surface area contributed by atoms with Crippen LogP contribution in [0.15, 0.2) is 54.7 Å². The molecular weight excluding hydrogens is 410 g/mol. The van der Waals surface area contributed by atoms with E-state index >= 15 is 0 Å². The number of ether oxygens (including phenoxy) is 1. The van der Waals surface area contributed by atoms with Crippen molar-refractivity contribution in [3.63, 3.8) is 0 Å². The topological polar surface area (TPSA) is 58.2 Å². The summed E-state index contributed by atoms with van der Waals surface area (Å²) in [5.74, 6) is 8.92. The molecule has 4 rings (SSSR count). The molecule has 1 atom stereocenters. The van der Waals surface area contributed by atoms with Crippen LogP contribution in [0.5, 0.6) is 0 Å². The van der Waals surface area contributed by atoms with Gasteiger partial charge in [0.25, 0.3) is 0 Å². The molecule has 1 saturated heterocycles. The van der Waals surface area contributed by atoms with Gasteiger partial charge in [-0.2, -0.15) is 0 Å². The van der Waals surface area contributed by atoms with Gasteiger partial charge in [-0.05, 0) is 68.7 Å². The number of hydrogen-bond acceptors (Lipinski definition) is 3. The SMILES string of the molecule is C#CC#Cc1ccc(-c2cnc(C3CCCN3C(=O)OC(C)(C)C)[nH]2)cc1-c1ccccc1. The molecule has 0 spiro atoms. The molecule has 166 valence electrons. The number of terminal acetylenes is 1. The zero-order valence-electron chi connectivity index (χ0n) is 19.2. The lowest BCUT2D eigenvalue weighted by atomic mass is 9.96. The molecule has 5 heteroatoms. The van der Waals surface area contributed by atoms with Crippen LogP contribution in [0.4, 0.5) is 4.79 Å². The number of hydrogen-bond donors (Lipinski definition) is 1. The second-order valence-electron chi connectivity index (χ2n) is 9.03. The van der Waals surface area contributed by atoms with Crippen molar-refractivity contribution < 1.29 is 9.53 Å². The Morgan fingerprint density at radius 3 is 2.70 bits per heavy atom. The molecule has 1 aliphatic rings. The fraction of sp³-hybridized carbons (Fsp3) is 0.286. The standard InChI is InChI=1S/C28H27N3O2/c1-5-6-11-21-15-16-22(18-23(21)20-12-8-7-9-13-20)24-19-29-26(30-24)25-14-10-17-31(25)27(32)33-28(2,3)4/h1,7-9,12-13,15-16,18-19,25H,10,14,17H2,2-4H3,(H,29,30). The molecule has 0 radical (unpaired) electrons. The minimum Gasteiger partial charge on any atom is -0.444 e. The number of aromatic nitrogens is 2. The first-order chi connectivity index (χ1) is 15.9. The van der Waals surface area contributed by atoms with Gasteiger partial charge in [0.2, 0.25) is 0 Å². The van der Waals surface area contributed by atoms with Crippen LogP contribution in [0.2, 0.25) is 0 Å². The number of aromatic amines is 1. The lowest BCUT2D eigenvalue weighted by molar-refractivity contribution is 0.0218. The first-order valence-electron chi connectivity index (χ1n) is 11.1. The molecule has 2 aromatic carbocycles. The largest absolute Gasteiger partial charge is 0.444 e. The van der Waals surface area contributed by atoms with Gasteiger partial charge in [0.15, 0.2) is 0 Å². The van der Waals surface area contributed by atoms with Crippen LogP contribution in [-0.2, 0) is 4.74 Å². The number of imidazole rings is 1. The van der Waals surface area contributed by atoms with Crippen molar-refractivity contribution in [3.8, 4) is 46.6 Å². The number of likely N-dealkylation sites (tertiary alicyclic amines) is 1. The second kappa shape index (κ2) is 9.27. The number of benzene rings is 2. The van der Waals surface area contributed by atoms with E-state index in [0.29, 0.717) is 6.54 Å². The monoisotopic (exact) mass is 437 g/mol. The van der Waals surface area contributed by atoms with Crippen molar-refractivity contribution in [1.29, 1.82) is 0 Å². The molecule has 0 bridgehead atoms. The predicted octanol–water partition coefficient (Wildman–Crippen LogP) is 5.80. The Kier molecular flexibility index (Phi) is 6.24. The van der Waals surface area contributed by atoms with E-state index in [4.69, 9.17) is 11.2 Å². The molecule has 1 unspecified atom stereocenters. The maximum atomic E-state index is 12.7. The van der Waals surface area contributed by atoms with E-state index in [9.17, 15) is 4.79 Å². The third kappa shape index (κ3) is 5.10. The molecule has 2 heterocycles. The summed E-state index contributed by atoms with van der Waals surface area (Å²) in [5, 5.41) is 0. The molecule has 1 amide bonds. The minimum atomic E-state index is -0.531. The van der Waals surface area contributed by atoms with Crippen LogP contribution in [0.3, 0.4) is 0 Å². The number of carbonyl (C=O) groups excluding carboxylic acids is 1. The van der Waals surface area contributed by atoms with Crippen molar-refractivity contribution in [1.82, 2.24) is 14.9 Å². The first-order valence-corrected chi connectivity index (χ1v) is 11.1. The average molecular weight is 438 g/mol. The second-order valence-corrected chi connectivity index (χ2v) is 9.03. The third-order valence-electron chi connectivity index (χ3n) is 5.48. The van der Waals surface area contributed by atoms with Crippen LogP contribution in [-0.4, -0.2) is 33.1 Å². The van der Waals surface area contributed by atoms with E-state index in [0.717, 1.165) is 46.6 Å². The van der Waals surface area contributed by atoms with E-state index in [2.05, 4.69) is 45.9 Å². The summed E-state index contributed by atoms with van der Waals surface area (Å²) in [4.78, 5) is 22.5. The number of carbonyl (C=O) groups is 1. The number of H-pyrrole nitrogens is 1. The quantitative estimate of drug-likeness (QED) is 0.527. The fourth-order valence-corrected chi connectivity index (χ4v) is 4.02. The van der Waals surface area contributed by atoms with Crippen LogP contribution in [0.1, 0.15) is 51.0 Å². The number of amides is 1. The molecule has 0 aliphatic carbocycles. The molecule has 5 nitrogen and oxygen atoms in total. The van der Waals surface area contributed by atoms with Gasteiger partial charge in [0.1, 0.15) is 11.4 Å². The van der Waals surface area contributed by atoms with Crippen molar-refractivity contribution in [2.24, 2.45) is 0 Å². The maximum absolute atomic E-state index is 12.7. The summed E-state index contributed by atoms with van der Waals surface area (Å²) in [6, 6.07) is 16.0. The van der Waals surface area contributed by atoms with Crippen LogP contribution >= 0.6 is 0 Å². The van der Waals surface area contributed by atoms with Gasteiger partial charge in [0.05, 0.1) is 17.9 Å². The van der Waals surface area contributed by atoms with Gasteiger partial charge in [-0.25, -0.2) is 9.78 Å². The highest BCUT2D eigenvalue weighted by Gasteiger charge is 2.34. The Balaban J connectivity index is 1.65. The van der Waals surface area contributed by atoms with Crippen LogP contribution in [0.25, 0.3) is 22.4 Å². The average Bonchev–Trinajstić information content (AvgIpc) is 3.47. The summed E-state index contributed by atoms with van der Waals surface area (Å²) < 4.78 is 5.59. The molecule has 1 aromatic heterocycles. The van der Waals surface area contributed by atoms with E-state index in [1.165, 1.54) is 0 Å². The first kappa shape index (κ1) is 22.2. The Bertz CT molecular complexity index is 1250. The van der Waals surface area contributed by atoms with Crippen LogP contribution in [0, 0.1) is 24.2 Å². The fourth-order valence-electron chi connectivity index (χ4n) is 4.02. The highest BCUT2D eigenvalue weighted by Crippen LogP contribution is 2.34. The normalized spacial score (nSPS) is 15.5. The minimum absolute atomic E-state index is 0.122. The van der Waals surface area contributed by atoms with E-state index in [1.54, 1.807) is 4.90 Å². The summed E-state index contributed by atoms with van der Waals surface area (Å²) >= 11 is 0. The van der Waals surface area contributed by atoms with Crippen molar-refractivity contribution in [3.05, 3.63) is 66.1 Å².